The Kier molecular flexibility index (Phi) is 4.21. The summed E-state index contributed by atoms with van der Waals surface area (Å²) >= 11 is 0. The van der Waals surface area contributed by atoms with Crippen LogP contribution in [-0.2, 0) is 9.53 Å². The fourth-order valence-electron chi connectivity index (χ4n) is 3.56. The Hall–Kier alpha value is -3.07. The molecule has 4 rings (SSSR count). The number of fused-ring (bicyclic) bond motifs is 3. The van der Waals surface area contributed by atoms with Crippen molar-refractivity contribution in [1.29, 1.82) is 0 Å². The maximum absolute atomic E-state index is 12.4. The fraction of sp³-hybridized carbons (Fsp3) is 0.174. The van der Waals surface area contributed by atoms with E-state index < -0.39 is 0 Å². The molecule has 0 amide bonds. The zero-order valence-electron chi connectivity index (χ0n) is 14.9. The lowest BCUT2D eigenvalue weighted by molar-refractivity contribution is -0.149. The number of benzene rings is 3. The van der Waals surface area contributed by atoms with Crippen LogP contribution in [0.4, 0.5) is 0 Å². The summed E-state index contributed by atoms with van der Waals surface area (Å²) in [7, 11) is 0. The number of rotatable bonds is 4. The molecule has 130 valence electrons. The smallest absolute Gasteiger partial charge is 0.345 e. The Balaban J connectivity index is 1.51. The lowest BCUT2D eigenvalue weighted by atomic mass is 10.1. The Bertz CT molecular complexity index is 909. The normalized spacial score (nSPS) is 12.4. The molecular formula is C23H20O3. The van der Waals surface area contributed by atoms with Gasteiger partial charge in [0, 0.05) is 11.1 Å². The second-order valence-corrected chi connectivity index (χ2v) is 6.66. The van der Waals surface area contributed by atoms with Gasteiger partial charge in [-0.05, 0) is 48.2 Å². The highest BCUT2D eigenvalue weighted by Gasteiger charge is 2.31. The zero-order chi connectivity index (χ0) is 18.1. The molecule has 0 aromatic heterocycles. The van der Waals surface area contributed by atoms with Crippen molar-refractivity contribution in [2.45, 2.75) is 20.0 Å². The van der Waals surface area contributed by atoms with Crippen LogP contribution in [0.15, 0.2) is 66.7 Å². The highest BCUT2D eigenvalue weighted by atomic mass is 16.6. The van der Waals surface area contributed by atoms with E-state index in [0.717, 1.165) is 33.4 Å². The molecule has 0 fully saturated rings. The molecule has 0 radical (unpaired) electrons. The van der Waals surface area contributed by atoms with Gasteiger partial charge in [0.2, 0.25) is 0 Å². The van der Waals surface area contributed by atoms with Crippen molar-refractivity contribution in [3.05, 3.63) is 89.0 Å². The summed E-state index contributed by atoms with van der Waals surface area (Å²) < 4.78 is 11.4. The molecule has 0 atom stereocenters. The largest absolute Gasteiger partial charge is 0.482 e. The van der Waals surface area contributed by atoms with Crippen molar-refractivity contribution in [3.8, 4) is 16.9 Å². The molecule has 3 aromatic rings. The minimum atomic E-state index is -0.377. The van der Waals surface area contributed by atoms with Crippen molar-refractivity contribution < 1.29 is 14.3 Å². The molecule has 0 heterocycles. The number of carbonyl (C=O) groups excluding carboxylic acids is 1. The topological polar surface area (TPSA) is 35.5 Å². The summed E-state index contributed by atoms with van der Waals surface area (Å²) in [5.41, 5.74) is 6.49. The van der Waals surface area contributed by atoms with E-state index in [1.54, 1.807) is 0 Å². The van der Waals surface area contributed by atoms with Gasteiger partial charge in [0.1, 0.15) is 5.75 Å². The number of hydrogen-bond acceptors (Lipinski definition) is 3. The molecule has 0 unspecified atom stereocenters. The maximum Gasteiger partial charge on any atom is 0.345 e. The Morgan fingerprint density at radius 3 is 1.96 bits per heavy atom. The van der Waals surface area contributed by atoms with E-state index in [0.29, 0.717) is 5.75 Å². The summed E-state index contributed by atoms with van der Waals surface area (Å²) in [5.74, 6) is 0.312. The molecule has 0 saturated heterocycles. The van der Waals surface area contributed by atoms with E-state index in [-0.39, 0.29) is 18.7 Å². The first kappa shape index (κ1) is 16.4. The van der Waals surface area contributed by atoms with Gasteiger partial charge in [-0.2, -0.15) is 0 Å². The molecule has 0 N–H and O–H groups in total. The summed E-state index contributed by atoms with van der Waals surface area (Å²) in [4.78, 5) is 12.4. The number of hydrogen-bond donors (Lipinski definition) is 0. The number of carbonyl (C=O) groups is 1. The van der Waals surface area contributed by atoms with Crippen LogP contribution in [0.2, 0.25) is 0 Å². The van der Waals surface area contributed by atoms with Crippen LogP contribution < -0.4 is 4.74 Å². The molecule has 26 heavy (non-hydrogen) atoms. The van der Waals surface area contributed by atoms with Gasteiger partial charge in [-0.25, -0.2) is 4.79 Å². The van der Waals surface area contributed by atoms with E-state index >= 15 is 0 Å². The summed E-state index contributed by atoms with van der Waals surface area (Å²) in [6.45, 7) is 3.90. The van der Waals surface area contributed by atoms with Crippen molar-refractivity contribution in [2.24, 2.45) is 0 Å². The van der Waals surface area contributed by atoms with E-state index in [9.17, 15) is 4.79 Å². The quantitative estimate of drug-likeness (QED) is 0.625. The van der Waals surface area contributed by atoms with Crippen molar-refractivity contribution in [2.75, 3.05) is 6.61 Å². The minimum Gasteiger partial charge on any atom is -0.482 e. The molecule has 0 bridgehead atoms. The highest BCUT2D eigenvalue weighted by molar-refractivity contribution is 5.80. The van der Waals surface area contributed by atoms with Gasteiger partial charge in [0.15, 0.2) is 12.7 Å². The van der Waals surface area contributed by atoms with Gasteiger partial charge in [0.25, 0.3) is 0 Å². The molecule has 0 aliphatic heterocycles. The van der Waals surface area contributed by atoms with Gasteiger partial charge in [-0.3, -0.25) is 0 Å². The third kappa shape index (κ3) is 3.08. The Labute approximate surface area is 153 Å². The zero-order valence-corrected chi connectivity index (χ0v) is 14.9. The Morgan fingerprint density at radius 1 is 0.846 bits per heavy atom. The molecule has 1 aliphatic rings. The van der Waals surface area contributed by atoms with Gasteiger partial charge < -0.3 is 9.47 Å². The molecule has 1 aliphatic carbocycles. The van der Waals surface area contributed by atoms with E-state index in [2.05, 4.69) is 18.2 Å². The third-order valence-electron chi connectivity index (χ3n) is 4.58. The standard InChI is InChI=1S/C23H20O3/c1-15-11-16(2)13-17(12-15)25-14-22(24)26-23-20-9-5-3-7-18(20)19-8-4-6-10-21(19)23/h3-13,23H,14H2,1-2H3. The molecule has 3 heteroatoms. The first-order valence-electron chi connectivity index (χ1n) is 8.70. The van der Waals surface area contributed by atoms with Crippen LogP contribution in [0.25, 0.3) is 11.1 Å². The number of aryl methyl sites for hydroxylation is 2. The van der Waals surface area contributed by atoms with Crippen LogP contribution in [0.5, 0.6) is 5.75 Å². The first-order valence-corrected chi connectivity index (χ1v) is 8.70. The number of esters is 1. The van der Waals surface area contributed by atoms with Crippen LogP contribution in [0.3, 0.4) is 0 Å². The summed E-state index contributed by atoms with van der Waals surface area (Å²) in [5, 5.41) is 0. The lowest BCUT2D eigenvalue weighted by Crippen LogP contribution is -2.18. The lowest BCUT2D eigenvalue weighted by Gasteiger charge is -2.15. The maximum atomic E-state index is 12.4. The summed E-state index contributed by atoms with van der Waals surface area (Å²) in [6.07, 6.45) is -0.377. The van der Waals surface area contributed by atoms with Gasteiger partial charge in [-0.15, -0.1) is 0 Å². The molecule has 3 nitrogen and oxygen atoms in total. The highest BCUT2D eigenvalue weighted by Crippen LogP contribution is 2.45. The monoisotopic (exact) mass is 344 g/mol. The average molecular weight is 344 g/mol. The van der Waals surface area contributed by atoms with Gasteiger partial charge in [-0.1, -0.05) is 54.6 Å². The second kappa shape index (κ2) is 6.68. The number of ether oxygens (including phenoxy) is 2. The minimum absolute atomic E-state index is 0.107. The van der Waals surface area contributed by atoms with E-state index in [4.69, 9.17) is 9.47 Å². The predicted octanol–water partition coefficient (Wildman–Crippen LogP) is 5.00. The van der Waals surface area contributed by atoms with Gasteiger partial charge >= 0.3 is 5.97 Å². The third-order valence-corrected chi connectivity index (χ3v) is 4.58. The predicted molar refractivity (Wildman–Crippen MR) is 101 cm³/mol. The van der Waals surface area contributed by atoms with Crippen molar-refractivity contribution in [3.63, 3.8) is 0 Å². The molecular weight excluding hydrogens is 324 g/mol. The fourth-order valence-corrected chi connectivity index (χ4v) is 3.56. The SMILES string of the molecule is Cc1cc(C)cc(OCC(=O)OC2c3ccccc3-c3ccccc32)c1. The molecule has 0 spiro atoms. The average Bonchev–Trinajstić information content (AvgIpc) is 2.94. The van der Waals surface area contributed by atoms with Crippen LogP contribution in [-0.4, -0.2) is 12.6 Å². The van der Waals surface area contributed by atoms with Gasteiger partial charge in [0.05, 0.1) is 0 Å². The van der Waals surface area contributed by atoms with E-state index in [1.807, 2.05) is 62.4 Å². The van der Waals surface area contributed by atoms with Crippen LogP contribution >= 0.6 is 0 Å². The van der Waals surface area contributed by atoms with Crippen molar-refractivity contribution in [1.82, 2.24) is 0 Å². The van der Waals surface area contributed by atoms with Crippen LogP contribution in [0, 0.1) is 13.8 Å². The second-order valence-electron chi connectivity index (χ2n) is 6.66. The molecule has 0 saturated carbocycles. The summed E-state index contributed by atoms with van der Waals surface area (Å²) in [6, 6.07) is 22.0. The van der Waals surface area contributed by atoms with Crippen molar-refractivity contribution >= 4 is 5.97 Å². The van der Waals surface area contributed by atoms with E-state index in [1.165, 1.54) is 0 Å². The first-order chi connectivity index (χ1) is 12.6. The Morgan fingerprint density at radius 2 is 1.38 bits per heavy atom. The molecule has 3 aromatic carbocycles. The van der Waals surface area contributed by atoms with Crippen LogP contribution in [0.1, 0.15) is 28.4 Å².